The number of benzene rings is 1. The van der Waals surface area contributed by atoms with Gasteiger partial charge in [-0.1, -0.05) is 29.8 Å². The summed E-state index contributed by atoms with van der Waals surface area (Å²) in [6.07, 6.45) is 0.832. The van der Waals surface area contributed by atoms with Crippen LogP contribution < -0.4 is 5.73 Å². The van der Waals surface area contributed by atoms with Gasteiger partial charge < -0.3 is 5.73 Å². The van der Waals surface area contributed by atoms with Gasteiger partial charge in [0.05, 0.1) is 0 Å². The zero-order chi connectivity index (χ0) is 11.3. The quantitative estimate of drug-likeness (QED) is 0.832. The first-order chi connectivity index (χ1) is 7.08. The normalized spacial score (nSPS) is 14.9. The molecule has 15 heavy (non-hydrogen) atoms. The van der Waals surface area contributed by atoms with Crippen molar-refractivity contribution in [2.45, 2.75) is 32.1 Å². The summed E-state index contributed by atoms with van der Waals surface area (Å²) in [4.78, 5) is 0. The van der Waals surface area contributed by atoms with Crippen molar-refractivity contribution in [1.82, 2.24) is 0 Å². The Hall–Kier alpha value is -0.670. The van der Waals surface area contributed by atoms with Crippen molar-refractivity contribution >= 4 is 10.8 Å². The summed E-state index contributed by atoms with van der Waals surface area (Å²) < 4.78 is 11.7. The molecule has 0 amide bonds. The van der Waals surface area contributed by atoms with Gasteiger partial charge in [0.2, 0.25) is 0 Å². The van der Waals surface area contributed by atoms with Crippen molar-refractivity contribution in [1.29, 1.82) is 0 Å². The van der Waals surface area contributed by atoms with Gasteiger partial charge in [-0.15, -0.1) is 0 Å². The molecule has 0 aliphatic heterocycles. The van der Waals surface area contributed by atoms with Gasteiger partial charge in [-0.2, -0.15) is 0 Å². The minimum absolute atomic E-state index is 0.145. The molecule has 1 rings (SSSR count). The maximum absolute atomic E-state index is 11.7. The first-order valence-electron chi connectivity index (χ1n) is 5.24. The van der Waals surface area contributed by atoms with Crippen molar-refractivity contribution in [3.63, 3.8) is 0 Å². The van der Waals surface area contributed by atoms with E-state index in [1.807, 2.05) is 32.0 Å². The summed E-state index contributed by atoms with van der Waals surface area (Å²) >= 11 is 0. The average Bonchev–Trinajstić information content (AvgIpc) is 2.15. The van der Waals surface area contributed by atoms with Gasteiger partial charge in [0, 0.05) is 28.3 Å². The van der Waals surface area contributed by atoms with Crippen LogP contribution in [0.5, 0.6) is 0 Å². The van der Waals surface area contributed by atoms with E-state index in [0.29, 0.717) is 11.5 Å². The molecule has 84 valence electrons. The summed E-state index contributed by atoms with van der Waals surface area (Å²) in [5, 5.41) is 0. The second kappa shape index (κ2) is 6.03. The third-order valence-corrected chi connectivity index (χ3v) is 3.56. The van der Waals surface area contributed by atoms with Crippen LogP contribution in [0.2, 0.25) is 0 Å². The molecule has 1 aromatic carbocycles. The minimum Gasteiger partial charge on any atom is -0.328 e. The molecule has 2 unspecified atom stereocenters. The Kier molecular flexibility index (Phi) is 4.99. The van der Waals surface area contributed by atoms with E-state index in [4.69, 9.17) is 5.73 Å². The molecule has 0 fully saturated rings. The van der Waals surface area contributed by atoms with Gasteiger partial charge in [0.15, 0.2) is 0 Å². The maximum atomic E-state index is 11.7. The zero-order valence-electron chi connectivity index (χ0n) is 9.40. The van der Waals surface area contributed by atoms with Crippen LogP contribution in [0.3, 0.4) is 0 Å². The van der Waals surface area contributed by atoms with E-state index in [-0.39, 0.29) is 6.04 Å². The second-order valence-electron chi connectivity index (χ2n) is 4.04. The SMILES string of the molecule is Cc1cccc(CS(=O)CCC(C)N)c1. The number of hydrogen-bond donors (Lipinski definition) is 1. The number of nitrogens with two attached hydrogens (primary N) is 1. The molecule has 0 aliphatic carbocycles. The Bertz CT molecular complexity index is 336. The van der Waals surface area contributed by atoms with Crippen molar-refractivity contribution in [2.75, 3.05) is 5.75 Å². The fourth-order valence-electron chi connectivity index (χ4n) is 1.38. The van der Waals surface area contributed by atoms with Crippen LogP contribution in [0.1, 0.15) is 24.5 Å². The van der Waals surface area contributed by atoms with E-state index in [0.717, 1.165) is 12.0 Å². The van der Waals surface area contributed by atoms with Crippen molar-refractivity contribution < 1.29 is 4.21 Å². The van der Waals surface area contributed by atoms with E-state index in [2.05, 4.69) is 6.07 Å². The first kappa shape index (κ1) is 12.4. The molecule has 2 atom stereocenters. The molecule has 0 radical (unpaired) electrons. The molecule has 0 bridgehead atoms. The molecule has 2 N–H and O–H groups in total. The van der Waals surface area contributed by atoms with E-state index in [9.17, 15) is 4.21 Å². The molecule has 2 nitrogen and oxygen atoms in total. The van der Waals surface area contributed by atoms with Gasteiger partial charge in [-0.3, -0.25) is 4.21 Å². The fourth-order valence-corrected chi connectivity index (χ4v) is 2.71. The predicted octanol–water partition coefficient (Wildman–Crippen LogP) is 1.98. The van der Waals surface area contributed by atoms with Crippen LogP contribution in [0, 0.1) is 6.92 Å². The van der Waals surface area contributed by atoms with Gasteiger partial charge in [0.25, 0.3) is 0 Å². The Morgan fingerprint density at radius 2 is 2.20 bits per heavy atom. The summed E-state index contributed by atoms with van der Waals surface area (Å²) in [5.41, 5.74) is 7.99. The highest BCUT2D eigenvalue weighted by Gasteiger charge is 2.03. The van der Waals surface area contributed by atoms with Crippen LogP contribution in [-0.4, -0.2) is 16.0 Å². The summed E-state index contributed by atoms with van der Waals surface area (Å²) in [6, 6.07) is 8.31. The highest BCUT2D eigenvalue weighted by molar-refractivity contribution is 7.84. The van der Waals surface area contributed by atoms with Crippen LogP contribution >= 0.6 is 0 Å². The maximum Gasteiger partial charge on any atom is 0.0485 e. The van der Waals surface area contributed by atoms with Gasteiger partial charge in [0.1, 0.15) is 0 Å². The predicted molar refractivity (Wildman–Crippen MR) is 66.2 cm³/mol. The Balaban J connectivity index is 2.44. The largest absolute Gasteiger partial charge is 0.328 e. The van der Waals surface area contributed by atoms with Crippen LogP contribution in [0.15, 0.2) is 24.3 Å². The highest BCUT2D eigenvalue weighted by atomic mass is 32.2. The monoisotopic (exact) mass is 225 g/mol. The van der Waals surface area contributed by atoms with Crippen LogP contribution in [0.25, 0.3) is 0 Å². The Labute approximate surface area is 94.3 Å². The lowest BCUT2D eigenvalue weighted by Gasteiger charge is -2.05. The summed E-state index contributed by atoms with van der Waals surface area (Å²) in [5.74, 6) is 1.35. The van der Waals surface area contributed by atoms with Gasteiger partial charge in [-0.05, 0) is 25.8 Å². The highest BCUT2D eigenvalue weighted by Crippen LogP contribution is 2.07. The van der Waals surface area contributed by atoms with Crippen LogP contribution in [-0.2, 0) is 16.6 Å². The summed E-state index contributed by atoms with van der Waals surface area (Å²) in [6.45, 7) is 4.00. The van der Waals surface area contributed by atoms with E-state index in [1.165, 1.54) is 5.56 Å². The fraction of sp³-hybridized carbons (Fsp3) is 0.500. The van der Waals surface area contributed by atoms with Gasteiger partial charge in [-0.25, -0.2) is 0 Å². The smallest absolute Gasteiger partial charge is 0.0485 e. The topological polar surface area (TPSA) is 43.1 Å². The number of rotatable bonds is 5. The van der Waals surface area contributed by atoms with E-state index in [1.54, 1.807) is 0 Å². The lowest BCUT2D eigenvalue weighted by Crippen LogP contribution is -2.18. The molecule has 3 heteroatoms. The standard InChI is InChI=1S/C12H19NOS/c1-10-4-3-5-12(8-10)9-15(14)7-6-11(2)13/h3-5,8,11H,6-7,9,13H2,1-2H3. The second-order valence-corrected chi connectivity index (χ2v) is 5.62. The van der Waals surface area contributed by atoms with E-state index >= 15 is 0 Å². The van der Waals surface area contributed by atoms with E-state index < -0.39 is 10.8 Å². The molecule has 0 aromatic heterocycles. The number of aryl methyl sites for hydroxylation is 1. The molecule has 1 aromatic rings. The van der Waals surface area contributed by atoms with Crippen molar-refractivity contribution in [2.24, 2.45) is 5.73 Å². The van der Waals surface area contributed by atoms with Crippen LogP contribution in [0.4, 0.5) is 0 Å². The molecule has 0 saturated heterocycles. The molecule has 0 aliphatic rings. The first-order valence-corrected chi connectivity index (χ1v) is 6.73. The lowest BCUT2D eigenvalue weighted by molar-refractivity contribution is 0.667. The summed E-state index contributed by atoms with van der Waals surface area (Å²) in [7, 11) is -0.780. The molecule has 0 heterocycles. The van der Waals surface area contributed by atoms with Crippen molar-refractivity contribution in [3.8, 4) is 0 Å². The number of hydrogen-bond acceptors (Lipinski definition) is 2. The zero-order valence-corrected chi connectivity index (χ0v) is 10.2. The van der Waals surface area contributed by atoms with Crippen molar-refractivity contribution in [3.05, 3.63) is 35.4 Å². The lowest BCUT2D eigenvalue weighted by atomic mass is 10.2. The average molecular weight is 225 g/mol. The van der Waals surface area contributed by atoms with Gasteiger partial charge >= 0.3 is 0 Å². The third-order valence-electron chi connectivity index (χ3n) is 2.21. The Morgan fingerprint density at radius 1 is 1.47 bits per heavy atom. The minimum atomic E-state index is -0.780. The molecule has 0 spiro atoms. The third kappa shape index (κ3) is 5.09. The molecular weight excluding hydrogens is 206 g/mol. The molecular formula is C12H19NOS. The molecule has 0 saturated carbocycles. The Morgan fingerprint density at radius 3 is 2.80 bits per heavy atom.